The van der Waals surface area contributed by atoms with E-state index in [1.807, 2.05) is 0 Å². The molecular formula is C24H20F4N2O6. The van der Waals surface area contributed by atoms with Gasteiger partial charge in [-0.15, -0.1) is 0 Å². The second kappa shape index (κ2) is 10.7. The Morgan fingerprint density at radius 2 is 1.69 bits per heavy atom. The fraction of sp³-hybridized carbons (Fsp3) is 0.292. The van der Waals surface area contributed by atoms with E-state index in [2.05, 4.69) is 10.1 Å². The molecule has 190 valence electrons. The molecule has 0 saturated carbocycles. The lowest BCUT2D eigenvalue weighted by Gasteiger charge is -2.23. The number of nitrogens with zero attached hydrogens (tertiary/aromatic N) is 1. The van der Waals surface area contributed by atoms with Gasteiger partial charge in [-0.3, -0.25) is 24.1 Å². The molecule has 2 aromatic carbocycles. The molecule has 1 aliphatic heterocycles. The van der Waals surface area contributed by atoms with Gasteiger partial charge in [-0.2, -0.15) is 17.6 Å². The van der Waals surface area contributed by atoms with Crippen LogP contribution in [0.4, 0.5) is 17.6 Å². The number of fused-ring (bicyclic) bond motifs is 1. The third-order valence-corrected chi connectivity index (χ3v) is 5.40. The summed E-state index contributed by atoms with van der Waals surface area (Å²) in [5.74, 6) is -2.97. The maximum Gasteiger partial charge on any atom is 0.461 e. The van der Waals surface area contributed by atoms with Gasteiger partial charge >= 0.3 is 12.5 Å². The summed E-state index contributed by atoms with van der Waals surface area (Å²) in [6, 6.07) is 7.32. The van der Waals surface area contributed by atoms with E-state index in [1.54, 1.807) is 0 Å². The van der Waals surface area contributed by atoms with E-state index in [-0.39, 0.29) is 36.1 Å². The van der Waals surface area contributed by atoms with Crippen LogP contribution in [-0.4, -0.2) is 53.3 Å². The summed E-state index contributed by atoms with van der Waals surface area (Å²) in [6.07, 6.45) is -8.10. The van der Waals surface area contributed by atoms with Crippen molar-refractivity contribution in [1.82, 2.24) is 10.2 Å². The summed E-state index contributed by atoms with van der Waals surface area (Å²) in [4.78, 5) is 61.5. The molecule has 1 heterocycles. The predicted octanol–water partition coefficient (Wildman–Crippen LogP) is 3.39. The Morgan fingerprint density at radius 1 is 1.06 bits per heavy atom. The molecule has 8 nitrogen and oxygen atoms in total. The van der Waals surface area contributed by atoms with Crippen molar-refractivity contribution in [2.24, 2.45) is 0 Å². The van der Waals surface area contributed by atoms with Gasteiger partial charge in [-0.05, 0) is 55.3 Å². The number of ether oxygens (including phenoxy) is 1. The van der Waals surface area contributed by atoms with E-state index in [1.165, 1.54) is 25.1 Å². The zero-order valence-electron chi connectivity index (χ0n) is 18.8. The Labute approximate surface area is 202 Å². The van der Waals surface area contributed by atoms with E-state index in [4.69, 9.17) is 0 Å². The molecule has 1 atom stereocenters. The highest BCUT2D eigenvalue weighted by Gasteiger charge is 2.44. The first-order valence-electron chi connectivity index (χ1n) is 10.6. The molecule has 3 amide bonds. The van der Waals surface area contributed by atoms with Gasteiger partial charge in [-0.25, -0.2) is 0 Å². The van der Waals surface area contributed by atoms with Crippen LogP contribution < -0.4 is 10.1 Å². The lowest BCUT2D eigenvalue weighted by molar-refractivity contribution is -0.253. The van der Waals surface area contributed by atoms with Crippen LogP contribution in [0.5, 0.6) is 5.75 Å². The molecule has 0 saturated heterocycles. The zero-order chi connectivity index (χ0) is 26.6. The van der Waals surface area contributed by atoms with Crippen LogP contribution in [-0.2, 0) is 16.1 Å². The first kappa shape index (κ1) is 26.5. The fourth-order valence-electron chi connectivity index (χ4n) is 3.60. The number of carbonyl (C=O) groups excluding carboxylic acids is 5. The van der Waals surface area contributed by atoms with E-state index >= 15 is 0 Å². The number of amides is 3. The first-order chi connectivity index (χ1) is 17.0. The Kier molecular flexibility index (Phi) is 7.86. The minimum Gasteiger partial charge on any atom is -0.428 e. The molecule has 1 aliphatic rings. The van der Waals surface area contributed by atoms with Crippen LogP contribution in [0.25, 0.3) is 0 Å². The normalized spacial score (nSPS) is 14.0. The second-order valence-electron chi connectivity index (χ2n) is 7.90. The van der Waals surface area contributed by atoms with Crippen molar-refractivity contribution in [3.05, 3.63) is 64.7 Å². The molecule has 1 unspecified atom stereocenters. The molecule has 0 bridgehead atoms. The molecule has 0 radical (unpaired) electrons. The number of ketones is 1. The Bertz CT molecular complexity index is 1200. The van der Waals surface area contributed by atoms with Gasteiger partial charge in [0.25, 0.3) is 17.7 Å². The third kappa shape index (κ3) is 5.58. The van der Waals surface area contributed by atoms with Crippen molar-refractivity contribution in [3.8, 4) is 5.75 Å². The maximum absolute atomic E-state index is 13.0. The van der Waals surface area contributed by atoms with Crippen molar-refractivity contribution in [1.29, 1.82) is 0 Å². The minimum atomic E-state index is -4.68. The number of halogens is 4. The lowest BCUT2D eigenvalue weighted by Crippen LogP contribution is -2.44. The Hall–Kier alpha value is -4.09. The SMILES string of the molecule is CC(=O)C(CCC=O)N1C(=O)c2ccc(CNC(=O)c3ccc(OC(F)(F)C(F)F)cc3)cc2C1=O. The Balaban J connectivity index is 1.68. The standard InChI is InChI=1S/C24H20F4N2O6/c1-13(32)19(3-2-10-31)30-21(34)17-9-4-14(11-18(17)22(30)35)12-29-20(33)15-5-7-16(8-6-15)36-24(27,28)23(25)26/h4-11,19,23H,2-3,12H2,1H3,(H,29,33). The van der Waals surface area contributed by atoms with Crippen molar-refractivity contribution in [2.45, 2.75) is 44.9 Å². The van der Waals surface area contributed by atoms with Crippen LogP contribution in [0, 0.1) is 0 Å². The summed E-state index contributed by atoms with van der Waals surface area (Å²) >= 11 is 0. The number of hydrogen-bond donors (Lipinski definition) is 1. The second-order valence-corrected chi connectivity index (χ2v) is 7.90. The summed E-state index contributed by atoms with van der Waals surface area (Å²) in [5, 5.41) is 2.55. The topological polar surface area (TPSA) is 110 Å². The average Bonchev–Trinajstić information content (AvgIpc) is 3.07. The summed E-state index contributed by atoms with van der Waals surface area (Å²) < 4.78 is 54.4. The summed E-state index contributed by atoms with van der Waals surface area (Å²) in [7, 11) is 0. The van der Waals surface area contributed by atoms with E-state index in [9.17, 15) is 41.5 Å². The van der Waals surface area contributed by atoms with Gasteiger partial charge in [0.1, 0.15) is 12.0 Å². The smallest absolute Gasteiger partial charge is 0.428 e. The number of carbonyl (C=O) groups is 5. The van der Waals surface area contributed by atoms with E-state index in [0.29, 0.717) is 11.8 Å². The zero-order valence-corrected chi connectivity index (χ0v) is 18.8. The van der Waals surface area contributed by atoms with Gasteiger partial charge in [0, 0.05) is 18.5 Å². The van der Waals surface area contributed by atoms with Crippen LogP contribution in [0.1, 0.15) is 56.4 Å². The number of rotatable bonds is 11. The molecular weight excluding hydrogens is 488 g/mol. The molecule has 0 fully saturated rings. The highest BCUT2D eigenvalue weighted by atomic mass is 19.3. The molecule has 3 rings (SSSR count). The van der Waals surface area contributed by atoms with Crippen molar-refractivity contribution in [2.75, 3.05) is 0 Å². The van der Waals surface area contributed by atoms with Crippen LogP contribution in [0.3, 0.4) is 0 Å². The molecule has 0 spiro atoms. The van der Waals surface area contributed by atoms with Gasteiger partial charge in [0.2, 0.25) is 0 Å². The number of imide groups is 1. The number of benzene rings is 2. The highest BCUT2D eigenvalue weighted by molar-refractivity contribution is 6.23. The predicted molar refractivity (Wildman–Crippen MR) is 116 cm³/mol. The summed E-state index contributed by atoms with van der Waals surface area (Å²) in [6.45, 7) is 1.15. The fourth-order valence-corrected chi connectivity index (χ4v) is 3.60. The number of aldehydes is 1. The van der Waals surface area contributed by atoms with Crippen molar-refractivity contribution in [3.63, 3.8) is 0 Å². The molecule has 12 heteroatoms. The van der Waals surface area contributed by atoms with Crippen molar-refractivity contribution >= 4 is 29.8 Å². The highest BCUT2D eigenvalue weighted by Crippen LogP contribution is 2.29. The van der Waals surface area contributed by atoms with Crippen LogP contribution >= 0.6 is 0 Å². The summed E-state index contributed by atoms with van der Waals surface area (Å²) in [5.41, 5.74) is 0.615. The van der Waals surface area contributed by atoms with Gasteiger partial charge < -0.3 is 14.8 Å². The van der Waals surface area contributed by atoms with Gasteiger partial charge in [-0.1, -0.05) is 6.07 Å². The molecule has 0 aliphatic carbocycles. The van der Waals surface area contributed by atoms with E-state index < -0.39 is 47.8 Å². The Morgan fingerprint density at radius 3 is 2.28 bits per heavy atom. The van der Waals surface area contributed by atoms with Crippen molar-refractivity contribution < 1.29 is 46.3 Å². The largest absolute Gasteiger partial charge is 0.461 e. The minimum absolute atomic E-state index is 0.00329. The van der Waals surface area contributed by atoms with Gasteiger partial charge in [0.05, 0.1) is 17.2 Å². The first-order valence-corrected chi connectivity index (χ1v) is 10.6. The van der Waals surface area contributed by atoms with E-state index in [0.717, 1.165) is 29.2 Å². The quantitative estimate of drug-likeness (QED) is 0.283. The number of alkyl halides is 4. The molecule has 36 heavy (non-hydrogen) atoms. The lowest BCUT2D eigenvalue weighted by atomic mass is 10.1. The van der Waals surface area contributed by atoms with Gasteiger partial charge in [0.15, 0.2) is 5.78 Å². The van der Waals surface area contributed by atoms with Crippen LogP contribution in [0.15, 0.2) is 42.5 Å². The molecule has 1 N–H and O–H groups in total. The molecule has 0 aromatic heterocycles. The number of Topliss-reactive ketones (excluding diaryl/α,β-unsaturated/α-hetero) is 1. The van der Waals surface area contributed by atoms with Crippen LogP contribution in [0.2, 0.25) is 0 Å². The number of nitrogens with one attached hydrogen (secondary N) is 1. The number of hydrogen-bond acceptors (Lipinski definition) is 6. The molecule has 2 aromatic rings. The average molecular weight is 508 g/mol. The monoisotopic (exact) mass is 508 g/mol. The maximum atomic E-state index is 13.0. The third-order valence-electron chi connectivity index (χ3n) is 5.40.